The summed E-state index contributed by atoms with van der Waals surface area (Å²) in [6, 6.07) is 0.717. The molecule has 0 amide bonds. The second-order valence-corrected chi connectivity index (χ2v) is 5.14. The van der Waals surface area contributed by atoms with Gasteiger partial charge in [-0.3, -0.25) is 0 Å². The Labute approximate surface area is 94.8 Å². The monoisotopic (exact) mass is 213 g/mol. The van der Waals surface area contributed by atoms with Gasteiger partial charge in [0.25, 0.3) is 0 Å². The number of hydrogen-bond donors (Lipinski definition) is 1. The predicted molar refractivity (Wildman–Crippen MR) is 65.1 cm³/mol. The lowest BCUT2D eigenvalue weighted by Gasteiger charge is -2.32. The van der Waals surface area contributed by atoms with Crippen LogP contribution in [0.2, 0.25) is 0 Å². The fourth-order valence-corrected chi connectivity index (χ4v) is 2.40. The van der Waals surface area contributed by atoms with Gasteiger partial charge in [0.1, 0.15) is 0 Å². The Hall–Kier alpha value is -0.0800. The van der Waals surface area contributed by atoms with Crippen molar-refractivity contribution in [3.8, 4) is 0 Å². The minimum Gasteiger partial charge on any atom is -0.381 e. The van der Waals surface area contributed by atoms with Gasteiger partial charge in [0.05, 0.1) is 0 Å². The third kappa shape index (κ3) is 4.98. The SMILES string of the molecule is CCCNC(CC(C)C)C1CCOCC1. The Morgan fingerprint density at radius 1 is 1.27 bits per heavy atom. The van der Waals surface area contributed by atoms with Crippen molar-refractivity contribution in [3.05, 3.63) is 0 Å². The molecule has 0 aliphatic carbocycles. The van der Waals surface area contributed by atoms with E-state index in [9.17, 15) is 0 Å². The molecule has 1 atom stereocenters. The Bertz CT molecular complexity index is 153. The fourth-order valence-electron chi connectivity index (χ4n) is 2.40. The highest BCUT2D eigenvalue weighted by atomic mass is 16.5. The molecule has 1 fully saturated rings. The molecule has 1 aliphatic rings. The van der Waals surface area contributed by atoms with Crippen molar-refractivity contribution in [2.75, 3.05) is 19.8 Å². The van der Waals surface area contributed by atoms with Crippen molar-refractivity contribution >= 4 is 0 Å². The van der Waals surface area contributed by atoms with Crippen molar-refractivity contribution in [2.24, 2.45) is 11.8 Å². The summed E-state index contributed by atoms with van der Waals surface area (Å²) >= 11 is 0. The predicted octanol–water partition coefficient (Wildman–Crippen LogP) is 2.83. The Kier molecular flexibility index (Phi) is 6.26. The minimum atomic E-state index is 0.717. The van der Waals surface area contributed by atoms with E-state index in [0.717, 1.165) is 31.6 Å². The van der Waals surface area contributed by atoms with Crippen LogP contribution >= 0.6 is 0 Å². The van der Waals surface area contributed by atoms with E-state index in [1.54, 1.807) is 0 Å². The van der Waals surface area contributed by atoms with Gasteiger partial charge in [-0.15, -0.1) is 0 Å². The molecule has 0 spiro atoms. The molecule has 0 aromatic heterocycles. The lowest BCUT2D eigenvalue weighted by molar-refractivity contribution is 0.0508. The van der Waals surface area contributed by atoms with E-state index in [-0.39, 0.29) is 0 Å². The second-order valence-electron chi connectivity index (χ2n) is 5.14. The summed E-state index contributed by atoms with van der Waals surface area (Å²) in [7, 11) is 0. The molecule has 1 aliphatic heterocycles. The third-order valence-corrected chi connectivity index (χ3v) is 3.22. The Balaban J connectivity index is 2.37. The van der Waals surface area contributed by atoms with Gasteiger partial charge in [0, 0.05) is 19.3 Å². The van der Waals surface area contributed by atoms with Crippen LogP contribution in [0.3, 0.4) is 0 Å². The quantitative estimate of drug-likeness (QED) is 0.732. The lowest BCUT2D eigenvalue weighted by atomic mass is 9.86. The van der Waals surface area contributed by atoms with Gasteiger partial charge in [-0.25, -0.2) is 0 Å². The zero-order valence-corrected chi connectivity index (χ0v) is 10.6. The van der Waals surface area contributed by atoms with Crippen LogP contribution in [0.5, 0.6) is 0 Å². The molecule has 0 bridgehead atoms. The van der Waals surface area contributed by atoms with Crippen molar-refractivity contribution < 1.29 is 4.74 Å². The average Bonchev–Trinajstić information content (AvgIpc) is 2.25. The maximum atomic E-state index is 5.43. The summed E-state index contributed by atoms with van der Waals surface area (Å²) in [5.74, 6) is 1.63. The third-order valence-electron chi connectivity index (χ3n) is 3.22. The topological polar surface area (TPSA) is 21.3 Å². The van der Waals surface area contributed by atoms with Crippen LogP contribution in [0.25, 0.3) is 0 Å². The molecule has 0 aromatic carbocycles. The summed E-state index contributed by atoms with van der Waals surface area (Å²) in [6.07, 6.45) is 5.03. The van der Waals surface area contributed by atoms with Crippen LogP contribution in [0.4, 0.5) is 0 Å². The minimum absolute atomic E-state index is 0.717. The van der Waals surface area contributed by atoms with Gasteiger partial charge < -0.3 is 10.1 Å². The smallest absolute Gasteiger partial charge is 0.0469 e. The molecule has 1 unspecified atom stereocenters. The largest absolute Gasteiger partial charge is 0.381 e. The molecule has 15 heavy (non-hydrogen) atoms. The van der Waals surface area contributed by atoms with E-state index in [1.165, 1.54) is 25.7 Å². The first-order valence-electron chi connectivity index (χ1n) is 6.55. The second kappa shape index (κ2) is 7.24. The molecule has 1 heterocycles. The fraction of sp³-hybridized carbons (Fsp3) is 1.00. The number of rotatable bonds is 6. The molecule has 0 saturated carbocycles. The standard InChI is InChI=1S/C13H27NO/c1-4-7-14-13(10-11(2)3)12-5-8-15-9-6-12/h11-14H,4-10H2,1-3H3. The first-order valence-corrected chi connectivity index (χ1v) is 6.55. The molecule has 2 heteroatoms. The van der Waals surface area contributed by atoms with Crippen molar-refractivity contribution in [2.45, 2.75) is 52.5 Å². The number of hydrogen-bond acceptors (Lipinski definition) is 2. The first kappa shape index (κ1) is 13.0. The van der Waals surface area contributed by atoms with Crippen LogP contribution in [0.15, 0.2) is 0 Å². The molecule has 1 saturated heterocycles. The zero-order valence-electron chi connectivity index (χ0n) is 10.6. The lowest BCUT2D eigenvalue weighted by Crippen LogP contribution is -2.40. The normalized spacial score (nSPS) is 20.8. The summed E-state index contributed by atoms with van der Waals surface area (Å²) in [5, 5.41) is 3.71. The summed E-state index contributed by atoms with van der Waals surface area (Å²) in [6.45, 7) is 9.97. The van der Waals surface area contributed by atoms with Gasteiger partial charge >= 0.3 is 0 Å². The van der Waals surface area contributed by atoms with E-state index in [1.807, 2.05) is 0 Å². The summed E-state index contributed by atoms with van der Waals surface area (Å²) in [5.41, 5.74) is 0. The molecule has 2 nitrogen and oxygen atoms in total. The molecule has 0 radical (unpaired) electrons. The molecule has 0 aromatic rings. The van der Waals surface area contributed by atoms with Gasteiger partial charge in [-0.2, -0.15) is 0 Å². The maximum Gasteiger partial charge on any atom is 0.0469 e. The molecule has 1 N–H and O–H groups in total. The van der Waals surface area contributed by atoms with Crippen molar-refractivity contribution in [1.29, 1.82) is 0 Å². The van der Waals surface area contributed by atoms with E-state index < -0.39 is 0 Å². The zero-order chi connectivity index (χ0) is 11.1. The van der Waals surface area contributed by atoms with E-state index in [2.05, 4.69) is 26.1 Å². The highest BCUT2D eigenvalue weighted by Gasteiger charge is 2.23. The summed E-state index contributed by atoms with van der Waals surface area (Å²) in [4.78, 5) is 0. The maximum absolute atomic E-state index is 5.43. The van der Waals surface area contributed by atoms with Crippen LogP contribution < -0.4 is 5.32 Å². The van der Waals surface area contributed by atoms with Gasteiger partial charge in [-0.05, 0) is 44.1 Å². The molecule has 90 valence electrons. The van der Waals surface area contributed by atoms with Gasteiger partial charge in [0.15, 0.2) is 0 Å². The number of nitrogens with one attached hydrogen (secondary N) is 1. The highest BCUT2D eigenvalue weighted by molar-refractivity contribution is 4.79. The van der Waals surface area contributed by atoms with Crippen molar-refractivity contribution in [3.63, 3.8) is 0 Å². The van der Waals surface area contributed by atoms with Crippen LogP contribution in [0.1, 0.15) is 46.5 Å². The highest BCUT2D eigenvalue weighted by Crippen LogP contribution is 2.23. The Morgan fingerprint density at radius 2 is 1.93 bits per heavy atom. The van der Waals surface area contributed by atoms with Crippen molar-refractivity contribution in [1.82, 2.24) is 5.32 Å². The van der Waals surface area contributed by atoms with E-state index in [4.69, 9.17) is 4.74 Å². The molecular formula is C13H27NO. The average molecular weight is 213 g/mol. The molecular weight excluding hydrogens is 186 g/mol. The number of ether oxygens (including phenoxy) is 1. The molecule has 1 rings (SSSR count). The Morgan fingerprint density at radius 3 is 2.47 bits per heavy atom. The van der Waals surface area contributed by atoms with Crippen LogP contribution in [-0.4, -0.2) is 25.8 Å². The van der Waals surface area contributed by atoms with E-state index >= 15 is 0 Å². The van der Waals surface area contributed by atoms with Crippen LogP contribution in [0, 0.1) is 11.8 Å². The first-order chi connectivity index (χ1) is 7.24. The van der Waals surface area contributed by atoms with Gasteiger partial charge in [-0.1, -0.05) is 20.8 Å². The van der Waals surface area contributed by atoms with Crippen LogP contribution in [-0.2, 0) is 4.74 Å². The van der Waals surface area contributed by atoms with E-state index in [0.29, 0.717) is 6.04 Å². The summed E-state index contributed by atoms with van der Waals surface area (Å²) < 4.78 is 5.43. The van der Waals surface area contributed by atoms with Gasteiger partial charge in [0.2, 0.25) is 0 Å².